The zero-order valence-corrected chi connectivity index (χ0v) is 17.1. The molecule has 1 aliphatic rings. The first-order valence-electron chi connectivity index (χ1n) is 9.54. The van der Waals surface area contributed by atoms with Gasteiger partial charge < -0.3 is 10.1 Å². The number of hydrogen-bond acceptors (Lipinski definition) is 8. The van der Waals surface area contributed by atoms with Gasteiger partial charge in [-0.05, 0) is 31.9 Å². The molecule has 4 rings (SSSR count). The van der Waals surface area contributed by atoms with Crippen molar-refractivity contribution < 1.29 is 14.3 Å². The number of esters is 1. The number of nitrogens with zero attached hydrogens (tertiary/aromatic N) is 5. The SMILES string of the molecule is CCOC(=O)Cc1csc(NC(=O)Cn2nc(-c3cccnc3)n(C3CC3)c2=O)n1. The van der Waals surface area contributed by atoms with E-state index in [1.165, 1.54) is 11.3 Å². The number of pyridine rings is 1. The molecule has 1 amide bonds. The van der Waals surface area contributed by atoms with Crippen LogP contribution in [0.2, 0.25) is 0 Å². The molecule has 3 aromatic heterocycles. The highest BCUT2D eigenvalue weighted by atomic mass is 32.1. The average molecular weight is 428 g/mol. The van der Waals surface area contributed by atoms with Gasteiger partial charge in [-0.25, -0.2) is 14.5 Å². The molecular weight excluding hydrogens is 408 g/mol. The van der Waals surface area contributed by atoms with E-state index in [4.69, 9.17) is 4.74 Å². The van der Waals surface area contributed by atoms with Crippen molar-refractivity contribution in [2.75, 3.05) is 11.9 Å². The standard InChI is InChI=1S/C19H20N6O4S/c1-2-29-16(27)8-13-11-30-18(21-13)22-15(26)10-24-19(28)25(14-5-6-14)17(23-24)12-4-3-7-20-9-12/h3-4,7,9,11,14H,2,5-6,8,10H2,1H3,(H,21,22,26). The van der Waals surface area contributed by atoms with E-state index in [0.29, 0.717) is 23.3 Å². The second kappa shape index (κ2) is 8.57. The summed E-state index contributed by atoms with van der Waals surface area (Å²) < 4.78 is 7.67. The number of rotatable bonds is 8. The molecular formula is C19H20N6O4S. The zero-order chi connectivity index (χ0) is 21.1. The molecule has 0 bridgehead atoms. The van der Waals surface area contributed by atoms with Crippen molar-refractivity contribution in [1.82, 2.24) is 24.3 Å². The third-order valence-electron chi connectivity index (χ3n) is 4.42. The van der Waals surface area contributed by atoms with Gasteiger partial charge in [0.2, 0.25) is 5.91 Å². The first-order chi connectivity index (χ1) is 14.5. The first-order valence-corrected chi connectivity index (χ1v) is 10.4. The lowest BCUT2D eigenvalue weighted by Gasteiger charge is -2.02. The fourth-order valence-electron chi connectivity index (χ4n) is 2.98. The molecule has 10 nitrogen and oxygen atoms in total. The molecule has 156 valence electrons. The van der Waals surface area contributed by atoms with Crippen LogP contribution in [0.15, 0.2) is 34.7 Å². The van der Waals surface area contributed by atoms with Crippen LogP contribution in [0, 0.1) is 0 Å². The molecule has 0 atom stereocenters. The van der Waals surface area contributed by atoms with Crippen LogP contribution in [0.4, 0.5) is 5.13 Å². The fraction of sp³-hybridized carbons (Fsp3) is 0.368. The lowest BCUT2D eigenvalue weighted by atomic mass is 10.3. The summed E-state index contributed by atoms with van der Waals surface area (Å²) in [5.74, 6) is -0.289. The van der Waals surface area contributed by atoms with Crippen LogP contribution in [0.25, 0.3) is 11.4 Å². The molecule has 1 saturated carbocycles. The molecule has 1 aliphatic carbocycles. The number of ether oxygens (including phenoxy) is 1. The molecule has 0 aromatic carbocycles. The van der Waals surface area contributed by atoms with Gasteiger partial charge >= 0.3 is 11.7 Å². The van der Waals surface area contributed by atoms with Gasteiger partial charge in [0.05, 0.1) is 18.7 Å². The number of nitrogens with one attached hydrogen (secondary N) is 1. The second-order valence-corrected chi connectivity index (χ2v) is 7.64. The van der Waals surface area contributed by atoms with Crippen LogP contribution < -0.4 is 11.0 Å². The van der Waals surface area contributed by atoms with Crippen LogP contribution in [0.3, 0.4) is 0 Å². The Labute approximate surface area is 175 Å². The van der Waals surface area contributed by atoms with Crippen LogP contribution in [0.5, 0.6) is 0 Å². The highest BCUT2D eigenvalue weighted by molar-refractivity contribution is 7.13. The Balaban J connectivity index is 1.47. The minimum absolute atomic E-state index is 0.0416. The number of anilines is 1. The highest BCUT2D eigenvalue weighted by Crippen LogP contribution is 2.36. The number of aromatic nitrogens is 5. The number of amides is 1. The van der Waals surface area contributed by atoms with E-state index in [1.807, 2.05) is 6.07 Å². The minimum atomic E-state index is -0.424. The predicted octanol–water partition coefficient (Wildman–Crippen LogP) is 1.64. The monoisotopic (exact) mass is 428 g/mol. The lowest BCUT2D eigenvalue weighted by molar-refractivity contribution is -0.142. The molecule has 0 spiro atoms. The Bertz CT molecular complexity index is 1120. The number of carbonyl (C=O) groups is 2. The molecule has 11 heteroatoms. The van der Waals surface area contributed by atoms with E-state index in [9.17, 15) is 14.4 Å². The third kappa shape index (κ3) is 4.46. The molecule has 1 fully saturated rings. The normalized spacial score (nSPS) is 13.2. The quantitative estimate of drug-likeness (QED) is 0.541. The maximum Gasteiger partial charge on any atom is 0.346 e. The minimum Gasteiger partial charge on any atom is -0.466 e. The van der Waals surface area contributed by atoms with Gasteiger partial charge in [0.15, 0.2) is 11.0 Å². The lowest BCUT2D eigenvalue weighted by Crippen LogP contribution is -2.30. The first kappa shape index (κ1) is 20.0. The molecule has 0 unspecified atom stereocenters. The molecule has 0 saturated heterocycles. The molecule has 0 aliphatic heterocycles. The van der Waals surface area contributed by atoms with E-state index < -0.39 is 5.91 Å². The summed E-state index contributed by atoms with van der Waals surface area (Å²) in [5, 5.41) is 9.06. The van der Waals surface area contributed by atoms with Gasteiger partial charge in [-0.2, -0.15) is 0 Å². The Morgan fingerprint density at radius 3 is 2.90 bits per heavy atom. The van der Waals surface area contributed by atoms with Crippen molar-refractivity contribution in [3.05, 3.63) is 46.1 Å². The zero-order valence-electron chi connectivity index (χ0n) is 16.3. The van der Waals surface area contributed by atoms with E-state index in [1.54, 1.807) is 35.3 Å². The summed E-state index contributed by atoms with van der Waals surface area (Å²) in [5.41, 5.74) is 0.917. The average Bonchev–Trinajstić information content (AvgIpc) is 3.39. The summed E-state index contributed by atoms with van der Waals surface area (Å²) in [6, 6.07) is 3.71. The number of hydrogen-bond donors (Lipinski definition) is 1. The van der Waals surface area contributed by atoms with E-state index in [0.717, 1.165) is 23.1 Å². The van der Waals surface area contributed by atoms with E-state index in [-0.39, 0.29) is 30.7 Å². The summed E-state index contributed by atoms with van der Waals surface area (Å²) in [6.45, 7) is 1.80. The maximum absolute atomic E-state index is 12.8. The van der Waals surface area contributed by atoms with Gasteiger partial charge in [-0.1, -0.05) is 0 Å². The van der Waals surface area contributed by atoms with Crippen molar-refractivity contribution >= 4 is 28.3 Å². The van der Waals surface area contributed by atoms with Crippen molar-refractivity contribution in [2.45, 2.75) is 38.8 Å². The van der Waals surface area contributed by atoms with Gasteiger partial charge in [0, 0.05) is 29.4 Å². The molecule has 3 aromatic rings. The summed E-state index contributed by atoms with van der Waals surface area (Å²) in [4.78, 5) is 45.1. The summed E-state index contributed by atoms with van der Waals surface area (Å²) >= 11 is 1.20. The van der Waals surface area contributed by atoms with Crippen molar-refractivity contribution in [2.24, 2.45) is 0 Å². The van der Waals surface area contributed by atoms with Crippen LogP contribution in [0.1, 0.15) is 31.5 Å². The largest absolute Gasteiger partial charge is 0.466 e. The topological polar surface area (TPSA) is 121 Å². The fourth-order valence-corrected chi connectivity index (χ4v) is 3.70. The number of thiazole rings is 1. The van der Waals surface area contributed by atoms with E-state index in [2.05, 4.69) is 20.4 Å². The Kier molecular flexibility index (Phi) is 5.70. The van der Waals surface area contributed by atoms with Gasteiger partial charge in [-0.15, -0.1) is 16.4 Å². The molecule has 0 radical (unpaired) electrons. The Morgan fingerprint density at radius 1 is 1.37 bits per heavy atom. The Hall–Kier alpha value is -3.34. The maximum atomic E-state index is 12.8. The van der Waals surface area contributed by atoms with Gasteiger partial charge in [0.25, 0.3) is 0 Å². The molecule has 30 heavy (non-hydrogen) atoms. The molecule has 1 N–H and O–H groups in total. The van der Waals surface area contributed by atoms with Crippen LogP contribution >= 0.6 is 11.3 Å². The van der Waals surface area contributed by atoms with Crippen molar-refractivity contribution in [1.29, 1.82) is 0 Å². The highest BCUT2D eigenvalue weighted by Gasteiger charge is 2.30. The third-order valence-corrected chi connectivity index (χ3v) is 5.23. The smallest absolute Gasteiger partial charge is 0.346 e. The van der Waals surface area contributed by atoms with E-state index >= 15 is 0 Å². The summed E-state index contributed by atoms with van der Waals surface area (Å²) in [6.07, 6.45) is 5.16. The van der Waals surface area contributed by atoms with Gasteiger partial charge in [-0.3, -0.25) is 19.1 Å². The van der Waals surface area contributed by atoms with Gasteiger partial charge in [0.1, 0.15) is 6.54 Å². The van der Waals surface area contributed by atoms with Crippen LogP contribution in [-0.2, 0) is 27.3 Å². The van der Waals surface area contributed by atoms with Crippen molar-refractivity contribution in [3.8, 4) is 11.4 Å². The Morgan fingerprint density at radius 2 is 2.20 bits per heavy atom. The predicted molar refractivity (Wildman–Crippen MR) is 109 cm³/mol. The second-order valence-electron chi connectivity index (χ2n) is 6.78. The summed E-state index contributed by atoms with van der Waals surface area (Å²) in [7, 11) is 0. The molecule has 3 heterocycles. The van der Waals surface area contributed by atoms with Crippen molar-refractivity contribution in [3.63, 3.8) is 0 Å². The number of carbonyl (C=O) groups excluding carboxylic acids is 2. The van der Waals surface area contributed by atoms with Crippen LogP contribution in [-0.4, -0.2) is 42.8 Å².